The molecule has 1 aliphatic rings. The fourth-order valence-corrected chi connectivity index (χ4v) is 2.62. The lowest BCUT2D eigenvalue weighted by molar-refractivity contribution is -0.137. The molecule has 0 spiro atoms. The van der Waals surface area contributed by atoms with Gasteiger partial charge in [0.05, 0.1) is 5.41 Å². The molecule has 1 fully saturated rings. The van der Waals surface area contributed by atoms with Gasteiger partial charge in [0.25, 0.3) is 0 Å². The predicted octanol–water partition coefficient (Wildman–Crippen LogP) is 0.346. The molecule has 0 aromatic carbocycles. The van der Waals surface area contributed by atoms with Crippen LogP contribution < -0.4 is 11.5 Å². The topological polar surface area (TPSA) is 108 Å². The summed E-state index contributed by atoms with van der Waals surface area (Å²) in [6.07, 6.45) is 2.31. The minimum absolute atomic E-state index is 0.141. The number of carbonyl (C=O) groups excluding carboxylic acids is 1. The van der Waals surface area contributed by atoms with Gasteiger partial charge in [-0.1, -0.05) is 12.8 Å². The van der Waals surface area contributed by atoms with Gasteiger partial charge in [0.15, 0.2) is 6.23 Å². The third-order valence-electron chi connectivity index (χ3n) is 3.64. The van der Waals surface area contributed by atoms with Crippen LogP contribution in [0.1, 0.15) is 25.7 Å². The number of hydrogen-bond acceptors (Lipinski definition) is 5. The molecular formula is C10H19N3O3. The van der Waals surface area contributed by atoms with E-state index in [1.54, 1.807) is 0 Å². The van der Waals surface area contributed by atoms with Crippen molar-refractivity contribution in [2.24, 2.45) is 28.0 Å². The van der Waals surface area contributed by atoms with Crippen LogP contribution in [0, 0.1) is 16.2 Å². The van der Waals surface area contributed by atoms with E-state index in [0.717, 1.165) is 12.8 Å². The maximum Gasteiger partial charge on any atom is 0.225 e. The van der Waals surface area contributed by atoms with Gasteiger partial charge in [0.1, 0.15) is 0 Å². The number of nitrogens with two attached hydrogens (primary N) is 2. The van der Waals surface area contributed by atoms with E-state index >= 15 is 0 Å². The Morgan fingerprint density at radius 2 is 2.31 bits per heavy atom. The average Bonchev–Trinajstić information content (AvgIpc) is 2.31. The molecule has 3 atom stereocenters. The molecule has 16 heavy (non-hydrogen) atoms. The number of primary amides is 1. The van der Waals surface area contributed by atoms with E-state index in [-0.39, 0.29) is 12.5 Å². The summed E-state index contributed by atoms with van der Waals surface area (Å²) < 4.78 is 5.00. The average molecular weight is 229 g/mol. The molecule has 0 aromatic rings. The molecule has 3 unspecified atom stereocenters. The highest BCUT2D eigenvalue weighted by Gasteiger charge is 2.48. The fraction of sp³-hybridized carbons (Fsp3) is 0.900. The van der Waals surface area contributed by atoms with E-state index in [4.69, 9.17) is 16.2 Å². The second kappa shape index (κ2) is 5.36. The van der Waals surface area contributed by atoms with Crippen molar-refractivity contribution in [3.8, 4) is 0 Å². The fourth-order valence-electron chi connectivity index (χ4n) is 2.62. The Hall–Kier alpha value is -1.01. The molecule has 92 valence electrons. The highest BCUT2D eigenvalue weighted by Crippen LogP contribution is 2.43. The molecule has 4 N–H and O–H groups in total. The molecule has 0 aliphatic heterocycles. The molecule has 1 aliphatic carbocycles. The predicted molar refractivity (Wildman–Crippen MR) is 59.2 cm³/mol. The molecule has 1 saturated carbocycles. The van der Waals surface area contributed by atoms with Crippen molar-refractivity contribution in [3.63, 3.8) is 0 Å². The van der Waals surface area contributed by atoms with Gasteiger partial charge in [-0.3, -0.25) is 4.79 Å². The highest BCUT2D eigenvalue weighted by atomic mass is 16.5. The molecule has 6 nitrogen and oxygen atoms in total. The SMILES string of the molecule is COC(N=O)C1CCCCC1(CN)C(N)=O. The monoisotopic (exact) mass is 229 g/mol. The third-order valence-corrected chi connectivity index (χ3v) is 3.64. The van der Waals surface area contributed by atoms with Gasteiger partial charge >= 0.3 is 0 Å². The van der Waals surface area contributed by atoms with Gasteiger partial charge in [-0.15, -0.1) is 4.91 Å². The number of amides is 1. The number of hydrogen-bond donors (Lipinski definition) is 2. The van der Waals surface area contributed by atoms with Crippen molar-refractivity contribution in [3.05, 3.63) is 4.91 Å². The zero-order valence-corrected chi connectivity index (χ0v) is 9.52. The second-order valence-corrected chi connectivity index (χ2v) is 4.31. The Bertz CT molecular complexity index is 272. The molecule has 0 bridgehead atoms. The van der Waals surface area contributed by atoms with E-state index in [9.17, 15) is 9.70 Å². The largest absolute Gasteiger partial charge is 0.369 e. The van der Waals surface area contributed by atoms with Crippen LogP contribution in [0.15, 0.2) is 5.18 Å². The number of methoxy groups -OCH3 is 1. The van der Waals surface area contributed by atoms with Gasteiger partial charge in [-0.2, -0.15) is 0 Å². The summed E-state index contributed by atoms with van der Waals surface area (Å²) in [5, 5.41) is 2.92. The van der Waals surface area contributed by atoms with Gasteiger partial charge in [0.2, 0.25) is 5.91 Å². The van der Waals surface area contributed by atoms with Gasteiger partial charge < -0.3 is 16.2 Å². The molecule has 1 rings (SSSR count). The Kier molecular flexibility index (Phi) is 4.37. The van der Waals surface area contributed by atoms with Crippen LogP contribution in [0.5, 0.6) is 0 Å². The van der Waals surface area contributed by atoms with Crippen LogP contribution in [0.3, 0.4) is 0 Å². The van der Waals surface area contributed by atoms with Crippen molar-refractivity contribution < 1.29 is 9.53 Å². The number of ether oxygens (including phenoxy) is 1. The van der Waals surface area contributed by atoms with Gasteiger partial charge in [-0.25, -0.2) is 0 Å². The summed E-state index contributed by atoms with van der Waals surface area (Å²) in [7, 11) is 1.41. The van der Waals surface area contributed by atoms with Crippen molar-refractivity contribution in [1.29, 1.82) is 0 Å². The van der Waals surface area contributed by atoms with Crippen LogP contribution in [0.2, 0.25) is 0 Å². The first-order valence-corrected chi connectivity index (χ1v) is 5.47. The lowest BCUT2D eigenvalue weighted by atomic mass is 9.65. The minimum atomic E-state index is -0.840. The lowest BCUT2D eigenvalue weighted by Gasteiger charge is -2.42. The molecule has 0 heterocycles. The first kappa shape index (κ1) is 13.1. The minimum Gasteiger partial charge on any atom is -0.369 e. The van der Waals surface area contributed by atoms with Gasteiger partial charge in [0, 0.05) is 19.6 Å². The lowest BCUT2D eigenvalue weighted by Crippen LogP contribution is -2.53. The Morgan fingerprint density at radius 1 is 1.62 bits per heavy atom. The van der Waals surface area contributed by atoms with Crippen LogP contribution in [-0.2, 0) is 9.53 Å². The molecule has 1 amide bonds. The number of rotatable bonds is 5. The van der Waals surface area contributed by atoms with E-state index in [2.05, 4.69) is 5.18 Å². The van der Waals surface area contributed by atoms with Gasteiger partial charge in [-0.05, 0) is 18.0 Å². The standard InChI is InChI=1S/C10H19N3O3/c1-16-8(13-15)7-4-2-3-5-10(7,6-11)9(12)14/h7-8H,2-6,11H2,1H3,(H2,12,14). The summed E-state index contributed by atoms with van der Waals surface area (Å²) >= 11 is 0. The molecule has 0 aromatic heterocycles. The summed E-state index contributed by atoms with van der Waals surface area (Å²) in [5.74, 6) is -0.753. The third kappa shape index (κ3) is 2.08. The zero-order chi connectivity index (χ0) is 12.2. The molecule has 6 heteroatoms. The first-order chi connectivity index (χ1) is 7.62. The second-order valence-electron chi connectivity index (χ2n) is 4.31. The maximum atomic E-state index is 11.6. The van der Waals surface area contributed by atoms with Crippen LogP contribution in [-0.4, -0.2) is 25.8 Å². The molecule has 0 radical (unpaired) electrons. The van der Waals surface area contributed by atoms with Crippen molar-refractivity contribution in [2.75, 3.05) is 13.7 Å². The summed E-state index contributed by atoms with van der Waals surface area (Å²) in [4.78, 5) is 22.3. The number of carbonyl (C=O) groups is 1. The quantitative estimate of drug-likeness (QED) is 0.663. The Balaban J connectivity index is 3.00. The maximum absolute atomic E-state index is 11.6. The van der Waals surface area contributed by atoms with Crippen LogP contribution >= 0.6 is 0 Å². The van der Waals surface area contributed by atoms with Crippen molar-refractivity contribution >= 4 is 5.91 Å². The summed E-state index contributed by atoms with van der Waals surface area (Å²) in [6, 6.07) is 0. The first-order valence-electron chi connectivity index (χ1n) is 5.47. The van der Waals surface area contributed by atoms with E-state index in [0.29, 0.717) is 12.8 Å². The normalized spacial score (nSPS) is 32.0. The Morgan fingerprint density at radius 3 is 2.75 bits per heavy atom. The van der Waals surface area contributed by atoms with E-state index < -0.39 is 17.6 Å². The number of nitroso groups, excluding NO2 is 1. The van der Waals surface area contributed by atoms with E-state index in [1.807, 2.05) is 0 Å². The van der Waals surface area contributed by atoms with Crippen LogP contribution in [0.4, 0.5) is 0 Å². The zero-order valence-electron chi connectivity index (χ0n) is 9.52. The summed E-state index contributed by atoms with van der Waals surface area (Å²) in [5.41, 5.74) is 10.3. The smallest absolute Gasteiger partial charge is 0.225 e. The number of nitrogens with zero attached hydrogens (tertiary/aromatic N) is 1. The Labute approximate surface area is 94.7 Å². The molecular weight excluding hydrogens is 210 g/mol. The van der Waals surface area contributed by atoms with Crippen LogP contribution in [0.25, 0.3) is 0 Å². The van der Waals surface area contributed by atoms with E-state index in [1.165, 1.54) is 7.11 Å². The summed E-state index contributed by atoms with van der Waals surface area (Å²) in [6.45, 7) is 0.141. The highest BCUT2D eigenvalue weighted by molar-refractivity contribution is 5.81. The van der Waals surface area contributed by atoms with Crippen molar-refractivity contribution in [2.45, 2.75) is 31.9 Å². The molecule has 0 saturated heterocycles. The van der Waals surface area contributed by atoms with Crippen molar-refractivity contribution in [1.82, 2.24) is 0 Å².